The van der Waals surface area contributed by atoms with Crippen LogP contribution in [0.4, 0.5) is 13.3 Å². The number of hydrogen-bond donors (Lipinski definition) is 13. The lowest BCUT2D eigenvalue weighted by molar-refractivity contribution is -0.324. The van der Waals surface area contributed by atoms with Crippen LogP contribution in [0.5, 0.6) is 0 Å². The van der Waals surface area contributed by atoms with E-state index in [1.165, 1.54) is 0 Å². The number of alkyl halides is 2. The number of carbonyl (C=O) groups excluding carboxylic acids is 1. The molecule has 0 bridgehead atoms. The molecule has 0 spiro atoms. The van der Waals surface area contributed by atoms with Gasteiger partial charge in [0.15, 0.2) is 12.4 Å². The van der Waals surface area contributed by atoms with Gasteiger partial charge in [0, 0.05) is 45.1 Å². The highest BCUT2D eigenvalue weighted by atomic mass is 19.3. The van der Waals surface area contributed by atoms with Gasteiger partial charge in [0.25, 0.3) is 11.8 Å². The van der Waals surface area contributed by atoms with Crippen LogP contribution >= 0.6 is 0 Å². The number of halogens is 3. The first-order valence-electron chi connectivity index (χ1n) is 15.1. The molecule has 280 valence electrons. The molecule has 0 radical (unpaired) electrons. The largest absolute Gasteiger partial charge is 0.400 e. The van der Waals surface area contributed by atoms with Gasteiger partial charge in [-0.25, -0.2) is 8.78 Å². The van der Waals surface area contributed by atoms with Crippen LogP contribution in [0.15, 0.2) is 0 Å². The van der Waals surface area contributed by atoms with Crippen molar-refractivity contribution in [1.29, 1.82) is 0 Å². The third-order valence-electron chi connectivity index (χ3n) is 7.59. The summed E-state index contributed by atoms with van der Waals surface area (Å²) in [6.45, 7) is -0.586. The molecule has 1 amide bonds. The van der Waals surface area contributed by atoms with E-state index in [1.54, 1.807) is 0 Å². The summed E-state index contributed by atoms with van der Waals surface area (Å²) in [5.74, 6) is -5.13. The number of ether oxygens (including phenoxy) is 3. The van der Waals surface area contributed by atoms with Crippen LogP contribution < -0.4 is 27.8 Å². The highest BCUT2D eigenvalue weighted by Gasteiger charge is 2.45. The van der Waals surface area contributed by atoms with Crippen molar-refractivity contribution in [2.24, 2.45) is 17.2 Å². The summed E-state index contributed by atoms with van der Waals surface area (Å²) in [4.78, 5) is 15.2. The summed E-state index contributed by atoms with van der Waals surface area (Å²) in [6, 6.07) is -1.64. The molecule has 1 aliphatic carbocycles. The van der Waals surface area contributed by atoms with Crippen LogP contribution in [0.2, 0.25) is 0 Å². The zero-order chi connectivity index (χ0) is 35.9. The van der Waals surface area contributed by atoms with Crippen LogP contribution in [0.25, 0.3) is 0 Å². The molecular weight excluding hydrogens is 647 g/mol. The Morgan fingerprint density at radius 1 is 1.02 bits per heavy atom. The van der Waals surface area contributed by atoms with E-state index in [-0.39, 0.29) is 45.4 Å². The smallest absolute Gasteiger partial charge is 0.294 e. The molecule has 0 aromatic carbocycles. The molecule has 16 N–H and O–H groups in total. The fourth-order valence-electron chi connectivity index (χ4n) is 5.06. The van der Waals surface area contributed by atoms with E-state index in [9.17, 15) is 43.6 Å². The Morgan fingerprint density at radius 2 is 1.68 bits per heavy atom. The van der Waals surface area contributed by atoms with Crippen molar-refractivity contribution in [3.8, 4) is 0 Å². The number of aliphatic hydroxyl groups excluding tert-OH is 8. The van der Waals surface area contributed by atoms with Crippen LogP contribution in [0, 0.1) is 0 Å². The van der Waals surface area contributed by atoms with Gasteiger partial charge in [0.2, 0.25) is 6.29 Å². The maximum absolute atomic E-state index is 13.5. The van der Waals surface area contributed by atoms with Gasteiger partial charge in [-0.2, -0.15) is 4.94 Å². The zero-order valence-electron chi connectivity index (χ0n) is 26.1. The van der Waals surface area contributed by atoms with E-state index in [0.717, 1.165) is 7.11 Å². The summed E-state index contributed by atoms with van der Waals surface area (Å²) in [6.07, 6.45) is -12.5. The van der Waals surface area contributed by atoms with Gasteiger partial charge in [0.1, 0.15) is 24.4 Å². The Kier molecular flexibility index (Phi) is 20.1. The molecule has 1 saturated carbocycles. The maximum Gasteiger partial charge on any atom is 0.294 e. The molecule has 0 aromatic rings. The molecular formula is C26H52F3N5O13. The van der Waals surface area contributed by atoms with Crippen molar-refractivity contribution in [2.45, 2.75) is 118 Å². The van der Waals surface area contributed by atoms with Crippen molar-refractivity contribution in [1.82, 2.24) is 10.6 Å². The minimum absolute atomic E-state index is 0.00560. The second-order valence-corrected chi connectivity index (χ2v) is 11.4. The highest BCUT2D eigenvalue weighted by Crippen LogP contribution is 2.28. The number of nitrogens with two attached hydrogens (primary N) is 3. The van der Waals surface area contributed by atoms with Crippen LogP contribution in [0.1, 0.15) is 32.1 Å². The minimum atomic E-state index is -3.80. The van der Waals surface area contributed by atoms with Gasteiger partial charge in [-0.3, -0.25) is 4.79 Å². The third-order valence-corrected chi connectivity index (χ3v) is 7.59. The quantitative estimate of drug-likeness (QED) is 0.0852. The van der Waals surface area contributed by atoms with Gasteiger partial charge in [-0.1, -0.05) is 0 Å². The molecule has 47 heavy (non-hydrogen) atoms. The first-order chi connectivity index (χ1) is 22.1. The maximum atomic E-state index is 13.5. The Labute approximate surface area is 269 Å². The summed E-state index contributed by atoms with van der Waals surface area (Å²) in [5.41, 5.74) is 16.4. The highest BCUT2D eigenvalue weighted by molar-refractivity contribution is 5.82. The summed E-state index contributed by atoms with van der Waals surface area (Å²) in [7, 11) is 1.00. The molecule has 10 unspecified atom stereocenters. The van der Waals surface area contributed by atoms with Crippen molar-refractivity contribution < 1.29 is 78.1 Å². The molecule has 21 heteroatoms. The molecule has 18 nitrogen and oxygen atoms in total. The van der Waals surface area contributed by atoms with Crippen molar-refractivity contribution in [3.05, 3.63) is 0 Å². The lowest BCUT2D eigenvalue weighted by atomic mass is 9.86. The standard InChI is InChI=1S/C20H39F2N5O8.C5H9FO4.CH4O/c21-20(22,8-24)18(32)19(33)27-9-3-11(25)17(13(30)4-9)35-15-5-12(29)16(31)14(34-15)7-26-6-10(28)1-2-23;6-10-5-4(8)1-3(7)2-9-5;1-2/h9-18,26,28-32H,1-8,23-25H2,(H,27,33);3-5,7-8H,1-2H2;2H,1H3/t9?,10?,11?,12?,13?,14?,15-,16+,17-,18?;;/m1../s1. The first kappa shape index (κ1) is 43.6. The monoisotopic (exact) mass is 699 g/mol. The Bertz CT molecular complexity index is 867. The van der Waals surface area contributed by atoms with E-state index in [2.05, 4.69) is 20.3 Å². The lowest BCUT2D eigenvalue weighted by Gasteiger charge is -2.43. The summed E-state index contributed by atoms with van der Waals surface area (Å²) < 4.78 is 54.4. The number of amides is 1. The van der Waals surface area contributed by atoms with E-state index in [0.29, 0.717) is 13.0 Å². The van der Waals surface area contributed by atoms with Gasteiger partial charge < -0.3 is 82.9 Å². The fraction of sp³-hybridized carbons (Fsp3) is 0.962. The second-order valence-electron chi connectivity index (χ2n) is 11.4. The average molecular weight is 700 g/mol. The third kappa shape index (κ3) is 14.2. The molecule has 3 fully saturated rings. The predicted molar refractivity (Wildman–Crippen MR) is 155 cm³/mol. The average Bonchev–Trinajstić information content (AvgIpc) is 3.02. The number of hydrogen-bond acceptors (Lipinski definition) is 17. The minimum Gasteiger partial charge on any atom is -0.400 e. The van der Waals surface area contributed by atoms with Crippen molar-refractivity contribution in [2.75, 3.05) is 39.9 Å². The molecule has 2 heterocycles. The summed E-state index contributed by atoms with van der Waals surface area (Å²) in [5, 5.41) is 80.1. The zero-order valence-corrected chi connectivity index (χ0v) is 26.1. The van der Waals surface area contributed by atoms with E-state index in [1.807, 2.05) is 0 Å². The summed E-state index contributed by atoms with van der Waals surface area (Å²) >= 11 is 0. The Morgan fingerprint density at radius 3 is 2.23 bits per heavy atom. The number of aliphatic hydroxyl groups is 8. The topological polar surface area (TPSA) is 318 Å². The van der Waals surface area contributed by atoms with E-state index >= 15 is 0 Å². The van der Waals surface area contributed by atoms with E-state index in [4.69, 9.17) is 42.0 Å². The van der Waals surface area contributed by atoms with Crippen molar-refractivity contribution >= 4 is 5.91 Å². The fourth-order valence-corrected chi connectivity index (χ4v) is 5.06. The second kappa shape index (κ2) is 21.7. The number of nitrogens with one attached hydrogen (secondary N) is 2. The molecule has 13 atom stereocenters. The van der Waals surface area contributed by atoms with Crippen molar-refractivity contribution in [3.63, 3.8) is 0 Å². The first-order valence-corrected chi connectivity index (χ1v) is 15.1. The van der Waals surface area contributed by atoms with Crippen LogP contribution in [-0.2, 0) is 23.9 Å². The lowest BCUT2D eigenvalue weighted by Crippen LogP contribution is -2.60. The Hall–Kier alpha value is -1.38. The molecule has 2 saturated heterocycles. The molecule has 3 aliphatic rings. The molecule has 0 aromatic heterocycles. The molecule has 2 aliphatic heterocycles. The normalized spacial score (nSPS) is 35.8. The van der Waals surface area contributed by atoms with Gasteiger partial charge in [-0.15, -0.1) is 0 Å². The number of rotatable bonds is 13. The van der Waals surface area contributed by atoms with Gasteiger partial charge >= 0.3 is 0 Å². The number of carbonyl (C=O) groups is 1. The van der Waals surface area contributed by atoms with E-state index < -0.39 is 98.0 Å². The predicted octanol–water partition coefficient (Wildman–Crippen LogP) is -5.61. The van der Waals surface area contributed by atoms with Crippen LogP contribution in [-0.4, -0.2) is 172 Å². The van der Waals surface area contributed by atoms with Gasteiger partial charge in [-0.05, 0) is 30.3 Å². The Balaban J connectivity index is 0.000000774. The molecule has 3 rings (SSSR count). The van der Waals surface area contributed by atoms with Crippen LogP contribution in [0.3, 0.4) is 0 Å². The SMILES string of the molecule is CO.NCCC(O)CNCC1O[C@H](O[C@@H]2C(N)CC(NC(=O)C(O)C(F)(F)CN)CC2O)CC(O)[C@@H]1O.OC1COC(OF)C(O)C1. The van der Waals surface area contributed by atoms with Gasteiger partial charge in [0.05, 0.1) is 37.6 Å².